The molecule has 61 heavy (non-hydrogen) atoms. The van der Waals surface area contributed by atoms with Crippen molar-refractivity contribution < 1.29 is 4.42 Å². The van der Waals surface area contributed by atoms with Gasteiger partial charge in [-0.15, -0.1) is 0 Å². The number of rotatable bonds is 5. The van der Waals surface area contributed by atoms with Gasteiger partial charge < -0.3 is 9.32 Å². The molecule has 2 aliphatic rings. The normalized spacial score (nSPS) is 13.0. The average Bonchev–Trinajstić information content (AvgIpc) is 3.96. The summed E-state index contributed by atoms with van der Waals surface area (Å²) in [6.07, 6.45) is 0. The van der Waals surface area contributed by atoms with E-state index in [0.717, 1.165) is 39.0 Å². The maximum Gasteiger partial charge on any atom is 0.137 e. The van der Waals surface area contributed by atoms with E-state index in [0.29, 0.717) is 0 Å². The summed E-state index contributed by atoms with van der Waals surface area (Å²) in [4.78, 5) is 2.40. The van der Waals surface area contributed by atoms with Gasteiger partial charge >= 0.3 is 0 Å². The van der Waals surface area contributed by atoms with Gasteiger partial charge in [-0.3, -0.25) is 0 Å². The van der Waals surface area contributed by atoms with Crippen LogP contribution >= 0.6 is 0 Å². The molecular formula is C59H37NO. The van der Waals surface area contributed by atoms with Gasteiger partial charge in [0.1, 0.15) is 11.2 Å². The Labute approximate surface area is 354 Å². The smallest absolute Gasteiger partial charge is 0.137 e. The summed E-state index contributed by atoms with van der Waals surface area (Å²) >= 11 is 0. The summed E-state index contributed by atoms with van der Waals surface area (Å²) < 4.78 is 6.91. The zero-order valence-corrected chi connectivity index (χ0v) is 33.2. The molecular weight excluding hydrogens is 739 g/mol. The molecule has 2 heteroatoms. The summed E-state index contributed by atoms with van der Waals surface area (Å²) in [5.74, 6) is 0. The Morgan fingerprint density at radius 2 is 0.787 bits per heavy atom. The quantitative estimate of drug-likeness (QED) is 0.173. The molecule has 1 spiro atoms. The molecule has 0 radical (unpaired) electrons. The fourth-order valence-electron chi connectivity index (χ4n) is 10.7. The minimum absolute atomic E-state index is 0.446. The molecule has 11 aromatic rings. The van der Waals surface area contributed by atoms with Crippen molar-refractivity contribution in [3.8, 4) is 44.5 Å². The van der Waals surface area contributed by atoms with Gasteiger partial charge in [0.25, 0.3) is 0 Å². The van der Waals surface area contributed by atoms with Crippen LogP contribution in [0.2, 0.25) is 0 Å². The Morgan fingerprint density at radius 3 is 1.44 bits per heavy atom. The van der Waals surface area contributed by atoms with Gasteiger partial charge in [-0.1, -0.05) is 176 Å². The number of hydrogen-bond acceptors (Lipinski definition) is 2. The van der Waals surface area contributed by atoms with Gasteiger partial charge in [0.05, 0.1) is 5.41 Å². The molecule has 1 heterocycles. The van der Waals surface area contributed by atoms with E-state index >= 15 is 0 Å². The van der Waals surface area contributed by atoms with E-state index in [1.54, 1.807) is 0 Å². The van der Waals surface area contributed by atoms with E-state index in [-0.39, 0.29) is 0 Å². The van der Waals surface area contributed by atoms with Crippen LogP contribution in [0, 0.1) is 0 Å². The molecule has 0 aliphatic heterocycles. The minimum atomic E-state index is -0.446. The summed E-state index contributed by atoms with van der Waals surface area (Å²) in [5, 5.41) is 4.67. The predicted octanol–water partition coefficient (Wildman–Crippen LogP) is 15.9. The SMILES string of the molecule is c1ccc(-c2ccc(N(c3ccc4c(c3)C3(c5ccccc5-c5ccccc53)c3ccccc3-4)c3ccc4c(c3)oc3cc(-c5ccccc5)c5ccccc5c34)cc2)cc1. The van der Waals surface area contributed by atoms with Crippen molar-refractivity contribution in [3.63, 3.8) is 0 Å². The molecule has 2 nitrogen and oxygen atoms in total. The van der Waals surface area contributed by atoms with Crippen LogP contribution in [0.15, 0.2) is 229 Å². The molecule has 2 aliphatic carbocycles. The zero-order valence-electron chi connectivity index (χ0n) is 33.2. The standard InChI is InChI=1S/C59H37NO/c1-3-15-38(16-4-1)39-27-29-41(30-28-39)60(43-32-34-50-56(36-43)61-57-37-51(40-17-5-2-6-18-40)44-19-7-8-23-49(44)58(50)57)42-31-33-48-47-22-11-14-26-54(47)59(55(48)35-42)52-24-12-9-20-45(52)46-21-10-13-25-53(46)59/h1-37H. The first-order valence-electron chi connectivity index (χ1n) is 21.1. The van der Waals surface area contributed by atoms with Crippen LogP contribution in [0.5, 0.6) is 0 Å². The number of furan rings is 1. The lowest BCUT2D eigenvalue weighted by Crippen LogP contribution is -2.26. The van der Waals surface area contributed by atoms with Gasteiger partial charge in [-0.2, -0.15) is 0 Å². The van der Waals surface area contributed by atoms with Crippen LogP contribution in [0.4, 0.5) is 17.1 Å². The van der Waals surface area contributed by atoms with Crippen LogP contribution < -0.4 is 4.90 Å². The van der Waals surface area contributed by atoms with E-state index in [1.807, 2.05) is 0 Å². The van der Waals surface area contributed by atoms with E-state index in [9.17, 15) is 0 Å². The van der Waals surface area contributed by atoms with Crippen LogP contribution in [-0.4, -0.2) is 0 Å². The average molecular weight is 776 g/mol. The predicted molar refractivity (Wildman–Crippen MR) is 253 cm³/mol. The van der Waals surface area contributed by atoms with Crippen molar-refractivity contribution in [3.05, 3.63) is 247 Å². The summed E-state index contributed by atoms with van der Waals surface area (Å²) in [5.41, 5.74) is 19.7. The molecule has 1 aromatic heterocycles. The summed E-state index contributed by atoms with van der Waals surface area (Å²) in [7, 11) is 0. The molecule has 0 saturated carbocycles. The molecule has 13 rings (SSSR count). The lowest BCUT2D eigenvalue weighted by molar-refractivity contribution is 0.669. The summed E-state index contributed by atoms with van der Waals surface area (Å²) in [6.45, 7) is 0. The molecule has 0 amide bonds. The van der Waals surface area contributed by atoms with Crippen LogP contribution in [0.1, 0.15) is 22.3 Å². The van der Waals surface area contributed by atoms with Gasteiger partial charge in [-0.25, -0.2) is 0 Å². The Morgan fingerprint density at radius 1 is 0.295 bits per heavy atom. The van der Waals surface area contributed by atoms with Crippen LogP contribution in [-0.2, 0) is 5.41 Å². The third kappa shape index (κ3) is 4.85. The van der Waals surface area contributed by atoms with E-state index in [1.165, 1.54) is 77.5 Å². The monoisotopic (exact) mass is 775 g/mol. The van der Waals surface area contributed by atoms with Crippen LogP contribution in [0.3, 0.4) is 0 Å². The van der Waals surface area contributed by atoms with Crippen molar-refractivity contribution in [2.75, 3.05) is 4.90 Å². The first kappa shape index (κ1) is 34.0. The van der Waals surface area contributed by atoms with Crippen molar-refractivity contribution in [2.45, 2.75) is 5.41 Å². The molecule has 0 saturated heterocycles. The topological polar surface area (TPSA) is 16.4 Å². The molecule has 0 fully saturated rings. The third-order valence-corrected chi connectivity index (χ3v) is 13.3. The number of hydrogen-bond donors (Lipinski definition) is 0. The highest BCUT2D eigenvalue weighted by molar-refractivity contribution is 6.22. The Kier molecular flexibility index (Phi) is 7.26. The van der Waals surface area contributed by atoms with E-state index in [4.69, 9.17) is 4.42 Å². The van der Waals surface area contributed by atoms with Crippen LogP contribution in [0.25, 0.3) is 77.2 Å². The number of nitrogens with zero attached hydrogens (tertiary/aromatic N) is 1. The Bertz CT molecular complexity index is 3460. The maximum absolute atomic E-state index is 6.91. The molecule has 0 unspecified atom stereocenters. The second kappa shape index (κ2) is 13.0. The van der Waals surface area contributed by atoms with Gasteiger partial charge in [0.15, 0.2) is 0 Å². The lowest BCUT2D eigenvalue weighted by Gasteiger charge is -2.32. The fraction of sp³-hybridized carbons (Fsp3) is 0.0169. The van der Waals surface area contributed by atoms with E-state index < -0.39 is 5.41 Å². The first-order chi connectivity index (χ1) is 30.3. The second-order valence-corrected chi connectivity index (χ2v) is 16.4. The number of benzene rings is 10. The van der Waals surface area contributed by atoms with Gasteiger partial charge in [0.2, 0.25) is 0 Å². The van der Waals surface area contributed by atoms with Gasteiger partial charge in [-0.05, 0) is 120 Å². The highest BCUT2D eigenvalue weighted by Gasteiger charge is 2.51. The second-order valence-electron chi connectivity index (χ2n) is 16.4. The number of fused-ring (bicyclic) bond motifs is 15. The van der Waals surface area contributed by atoms with Crippen molar-refractivity contribution in [1.29, 1.82) is 0 Å². The van der Waals surface area contributed by atoms with E-state index in [2.05, 4.69) is 229 Å². The molecule has 284 valence electrons. The summed E-state index contributed by atoms with van der Waals surface area (Å²) in [6, 6.07) is 82.1. The highest BCUT2D eigenvalue weighted by atomic mass is 16.3. The van der Waals surface area contributed by atoms with Crippen molar-refractivity contribution in [1.82, 2.24) is 0 Å². The highest BCUT2D eigenvalue weighted by Crippen LogP contribution is 2.63. The fourth-order valence-corrected chi connectivity index (χ4v) is 10.7. The zero-order chi connectivity index (χ0) is 40.1. The van der Waals surface area contributed by atoms with Crippen molar-refractivity contribution in [2.24, 2.45) is 0 Å². The number of anilines is 3. The minimum Gasteiger partial charge on any atom is -0.456 e. The molecule has 0 bridgehead atoms. The largest absolute Gasteiger partial charge is 0.456 e. The molecule has 0 atom stereocenters. The third-order valence-electron chi connectivity index (χ3n) is 13.3. The lowest BCUT2D eigenvalue weighted by atomic mass is 9.70. The Hall–Kier alpha value is -7.94. The molecule has 10 aromatic carbocycles. The molecule has 0 N–H and O–H groups in total. The van der Waals surface area contributed by atoms with Crippen molar-refractivity contribution >= 4 is 49.8 Å². The maximum atomic E-state index is 6.91. The van der Waals surface area contributed by atoms with Gasteiger partial charge in [0, 0.05) is 33.9 Å². The first-order valence-corrected chi connectivity index (χ1v) is 21.1. The Balaban J connectivity index is 1.04.